The quantitative estimate of drug-likeness (QED) is 0.273. The topological polar surface area (TPSA) is 87.7 Å². The fourth-order valence-electron chi connectivity index (χ4n) is 4.68. The molecule has 0 amide bonds. The molecule has 4 aromatic rings. The Labute approximate surface area is 236 Å². The van der Waals surface area contributed by atoms with Crippen molar-refractivity contribution in [1.82, 2.24) is 14.9 Å². The Morgan fingerprint density at radius 1 is 1.15 bits per heavy atom. The number of benzene rings is 2. The van der Waals surface area contributed by atoms with Crippen molar-refractivity contribution < 1.29 is 21.9 Å². The third-order valence-corrected chi connectivity index (χ3v) is 9.15. The van der Waals surface area contributed by atoms with Crippen LogP contribution in [0.15, 0.2) is 70.6 Å². The second-order valence-electron chi connectivity index (χ2n) is 9.58. The van der Waals surface area contributed by atoms with Crippen LogP contribution < -0.4 is 14.4 Å². The molecule has 12 heteroatoms. The highest BCUT2D eigenvalue weighted by Gasteiger charge is 2.33. The lowest BCUT2D eigenvalue weighted by molar-refractivity contribution is 0.323. The molecule has 1 saturated heterocycles. The maximum absolute atomic E-state index is 15.7. The lowest BCUT2D eigenvalue weighted by Crippen LogP contribution is -2.32. The average molecular weight is 586 g/mol. The van der Waals surface area contributed by atoms with Gasteiger partial charge in [0.2, 0.25) is 5.03 Å². The average Bonchev–Trinajstić information content (AvgIpc) is 3.64. The summed E-state index contributed by atoms with van der Waals surface area (Å²) < 4.78 is 63.5. The number of anilines is 2. The van der Waals surface area contributed by atoms with Gasteiger partial charge in [-0.3, -0.25) is 4.90 Å². The first-order chi connectivity index (χ1) is 19.3. The van der Waals surface area contributed by atoms with Crippen LogP contribution >= 0.6 is 11.3 Å². The lowest BCUT2D eigenvalue weighted by Gasteiger charge is -2.23. The number of sulfonamides is 1. The molecule has 0 unspecified atom stereocenters. The Morgan fingerprint density at radius 2 is 1.93 bits per heavy atom. The first kappa shape index (κ1) is 27.9. The third-order valence-electron chi connectivity index (χ3n) is 6.91. The van der Waals surface area contributed by atoms with Gasteiger partial charge in [-0.05, 0) is 37.1 Å². The van der Waals surface area contributed by atoms with Crippen LogP contribution in [0.2, 0.25) is 0 Å². The van der Waals surface area contributed by atoms with Crippen molar-refractivity contribution in [3.8, 4) is 5.75 Å². The molecule has 0 saturated carbocycles. The van der Waals surface area contributed by atoms with Crippen LogP contribution in [0.3, 0.4) is 0 Å². The van der Waals surface area contributed by atoms with Crippen LogP contribution in [0.5, 0.6) is 5.75 Å². The Hall–Kier alpha value is -3.61. The second-order valence-corrected chi connectivity index (χ2v) is 12.1. The molecule has 8 nitrogen and oxygen atoms in total. The Kier molecular flexibility index (Phi) is 8.29. The van der Waals surface area contributed by atoms with E-state index >= 15 is 4.39 Å². The van der Waals surface area contributed by atoms with Gasteiger partial charge < -0.3 is 10.1 Å². The van der Waals surface area contributed by atoms with Crippen molar-refractivity contribution in [2.75, 3.05) is 29.8 Å². The van der Waals surface area contributed by atoms with Gasteiger partial charge in [0.15, 0.2) is 11.6 Å². The van der Waals surface area contributed by atoms with Gasteiger partial charge in [0.05, 0.1) is 31.0 Å². The third kappa shape index (κ3) is 5.93. The summed E-state index contributed by atoms with van der Waals surface area (Å²) in [6, 6.07) is 13.6. The Morgan fingerprint density at radius 3 is 2.62 bits per heavy atom. The van der Waals surface area contributed by atoms with Gasteiger partial charge in [-0.2, -0.15) is 8.42 Å². The zero-order valence-corrected chi connectivity index (χ0v) is 23.7. The number of nitrogens with zero attached hydrogens (tertiary/aromatic N) is 4. The molecule has 1 fully saturated rings. The van der Waals surface area contributed by atoms with Crippen LogP contribution in [0, 0.1) is 18.6 Å². The molecule has 3 heterocycles. The summed E-state index contributed by atoms with van der Waals surface area (Å²) in [5, 5.41) is 4.23. The summed E-state index contributed by atoms with van der Waals surface area (Å²) in [7, 11) is -2.85. The zero-order valence-electron chi connectivity index (χ0n) is 22.0. The second kappa shape index (κ2) is 11.9. The minimum Gasteiger partial charge on any atom is -0.497 e. The molecule has 2 aromatic carbocycles. The van der Waals surface area contributed by atoms with E-state index in [4.69, 9.17) is 4.74 Å². The van der Waals surface area contributed by atoms with Gasteiger partial charge in [0.25, 0.3) is 10.0 Å². The molecule has 0 radical (unpaired) electrons. The molecule has 210 valence electrons. The number of pyridine rings is 1. The summed E-state index contributed by atoms with van der Waals surface area (Å²) in [6.45, 7) is 3.34. The van der Waals surface area contributed by atoms with Gasteiger partial charge in [0, 0.05) is 42.2 Å². The van der Waals surface area contributed by atoms with Gasteiger partial charge in [-0.15, -0.1) is 11.3 Å². The molecule has 1 atom stereocenters. The summed E-state index contributed by atoms with van der Waals surface area (Å²) in [5.74, 6) is -0.337. The number of hydrogen-bond donors (Lipinski definition) is 1. The van der Waals surface area contributed by atoms with Crippen molar-refractivity contribution in [3.63, 3.8) is 0 Å². The lowest BCUT2D eigenvalue weighted by atomic mass is 10.2. The summed E-state index contributed by atoms with van der Waals surface area (Å²) >= 11 is 1.24. The van der Waals surface area contributed by atoms with E-state index in [-0.39, 0.29) is 29.8 Å². The first-order valence-corrected chi connectivity index (χ1v) is 15.1. The predicted octanol–water partition coefficient (Wildman–Crippen LogP) is 5.22. The number of ether oxygens (including phenoxy) is 1. The minimum absolute atomic E-state index is 0.0179. The largest absolute Gasteiger partial charge is 0.497 e. The van der Waals surface area contributed by atoms with E-state index in [0.29, 0.717) is 35.7 Å². The van der Waals surface area contributed by atoms with Gasteiger partial charge in [-0.25, -0.2) is 23.1 Å². The zero-order chi connectivity index (χ0) is 28.3. The van der Waals surface area contributed by atoms with Crippen molar-refractivity contribution in [3.05, 3.63) is 93.9 Å². The standard InChI is InChI=1S/C28H29F2N5O3S2/c1-19-25(33-22-11-12-34(16-22)15-21-5-3-4-6-24(21)29)13-31-28(27(19)30)40(36,37)35(26-17-39-18-32-26)14-20-7-9-23(38-2)10-8-20/h3-10,13,17-18,22,33H,11-12,14-16H2,1-2H3/t22-/m0/s1. The highest BCUT2D eigenvalue weighted by Crippen LogP contribution is 2.30. The van der Waals surface area contributed by atoms with E-state index in [1.807, 2.05) is 6.07 Å². The summed E-state index contributed by atoms with van der Waals surface area (Å²) in [6.07, 6.45) is 2.13. The van der Waals surface area contributed by atoms with Gasteiger partial charge in [-0.1, -0.05) is 30.3 Å². The number of aromatic nitrogens is 2. The molecule has 2 aromatic heterocycles. The van der Waals surface area contributed by atoms with E-state index < -0.39 is 20.9 Å². The number of thiazole rings is 1. The number of halogens is 2. The molecule has 0 aliphatic carbocycles. The fourth-order valence-corrected chi connectivity index (χ4v) is 6.73. The molecule has 1 aliphatic heterocycles. The van der Waals surface area contributed by atoms with Crippen LogP contribution in [0.25, 0.3) is 0 Å². The molecular weight excluding hydrogens is 556 g/mol. The maximum atomic E-state index is 15.7. The normalized spacial score (nSPS) is 15.8. The highest BCUT2D eigenvalue weighted by atomic mass is 32.2. The van der Waals surface area contributed by atoms with Crippen molar-refractivity contribution in [1.29, 1.82) is 0 Å². The van der Waals surface area contributed by atoms with E-state index in [1.54, 1.807) is 48.9 Å². The molecule has 0 spiro atoms. The van der Waals surface area contributed by atoms with Gasteiger partial charge in [0.1, 0.15) is 11.6 Å². The summed E-state index contributed by atoms with van der Waals surface area (Å²) in [4.78, 5) is 10.4. The van der Waals surface area contributed by atoms with Crippen molar-refractivity contribution in [2.24, 2.45) is 0 Å². The SMILES string of the molecule is COc1ccc(CN(c2cscn2)S(=O)(=O)c2ncc(N[C@H]3CCN(Cc4ccccc4F)C3)c(C)c2F)cc1. The van der Waals surface area contributed by atoms with Crippen molar-refractivity contribution >= 4 is 32.9 Å². The van der Waals surface area contributed by atoms with Crippen LogP contribution in [-0.2, 0) is 23.1 Å². The van der Waals surface area contributed by atoms with E-state index in [1.165, 1.54) is 36.0 Å². The van der Waals surface area contributed by atoms with E-state index in [2.05, 4.69) is 20.2 Å². The maximum Gasteiger partial charge on any atom is 0.286 e. The minimum atomic E-state index is -4.39. The molecule has 40 heavy (non-hydrogen) atoms. The Balaban J connectivity index is 1.34. The van der Waals surface area contributed by atoms with Gasteiger partial charge >= 0.3 is 0 Å². The monoisotopic (exact) mass is 585 g/mol. The number of nitrogens with one attached hydrogen (secondary N) is 1. The highest BCUT2D eigenvalue weighted by molar-refractivity contribution is 7.92. The van der Waals surface area contributed by atoms with Crippen LogP contribution in [0.1, 0.15) is 23.1 Å². The molecule has 5 rings (SSSR count). The fraction of sp³-hybridized carbons (Fsp3) is 0.286. The molecular formula is C28H29F2N5O3S2. The number of rotatable bonds is 10. The van der Waals surface area contributed by atoms with E-state index in [9.17, 15) is 12.8 Å². The van der Waals surface area contributed by atoms with E-state index in [0.717, 1.165) is 17.3 Å². The summed E-state index contributed by atoms with van der Waals surface area (Å²) in [5.41, 5.74) is 3.40. The van der Waals surface area contributed by atoms with Crippen molar-refractivity contribution in [2.45, 2.75) is 37.5 Å². The number of likely N-dealkylation sites (tertiary alicyclic amines) is 1. The Bertz CT molecular complexity index is 1570. The number of methoxy groups -OCH3 is 1. The smallest absolute Gasteiger partial charge is 0.286 e. The molecule has 1 aliphatic rings. The first-order valence-electron chi connectivity index (χ1n) is 12.7. The molecule has 1 N–H and O–H groups in total. The van der Waals surface area contributed by atoms with Crippen LogP contribution in [-0.4, -0.2) is 49.5 Å². The predicted molar refractivity (Wildman–Crippen MR) is 151 cm³/mol. The number of hydrogen-bond acceptors (Lipinski definition) is 8. The molecule has 0 bridgehead atoms. The van der Waals surface area contributed by atoms with Crippen LogP contribution in [0.4, 0.5) is 20.3 Å².